The summed E-state index contributed by atoms with van der Waals surface area (Å²) in [6, 6.07) is 16.3. The highest BCUT2D eigenvalue weighted by Gasteiger charge is 2.38. The number of aliphatic hydroxyl groups excluding tert-OH is 2. The van der Waals surface area contributed by atoms with E-state index in [0.717, 1.165) is 37.2 Å². The standard InChI is InChI=1S/C36H58N2O4/c1-33(2,3)26-10-14-31(15-11-26)41-24-29(39)22-37-35(7,8)28-18-20-36(9,21-19-28)38-23-30(40)25-42-32-16-12-27(13-17-32)34(4,5)6/h10-17,28-30,37-40H,18-25H2,1-9H3. The van der Waals surface area contributed by atoms with Gasteiger partial charge >= 0.3 is 0 Å². The second-order valence-electron chi connectivity index (χ2n) is 15.3. The normalized spacial score (nSPS) is 21.5. The Balaban J connectivity index is 1.35. The number of rotatable bonds is 13. The Morgan fingerprint density at radius 1 is 0.714 bits per heavy atom. The number of benzene rings is 2. The zero-order valence-electron chi connectivity index (χ0n) is 27.7. The highest BCUT2D eigenvalue weighted by molar-refractivity contribution is 5.32. The minimum absolute atomic E-state index is 0.00217. The molecule has 2 atom stereocenters. The van der Waals surface area contributed by atoms with Crippen molar-refractivity contribution in [2.75, 3.05) is 26.3 Å². The van der Waals surface area contributed by atoms with E-state index in [0.29, 0.717) is 19.0 Å². The van der Waals surface area contributed by atoms with Crippen molar-refractivity contribution < 1.29 is 19.7 Å². The lowest BCUT2D eigenvalue weighted by Gasteiger charge is -2.45. The van der Waals surface area contributed by atoms with Crippen LogP contribution in [0.3, 0.4) is 0 Å². The van der Waals surface area contributed by atoms with Gasteiger partial charge in [-0.05, 0) is 98.6 Å². The smallest absolute Gasteiger partial charge is 0.119 e. The molecule has 6 heteroatoms. The van der Waals surface area contributed by atoms with Crippen LogP contribution in [0.2, 0.25) is 0 Å². The van der Waals surface area contributed by atoms with Crippen molar-refractivity contribution in [1.29, 1.82) is 0 Å². The Hall–Kier alpha value is -2.12. The van der Waals surface area contributed by atoms with Crippen molar-refractivity contribution in [3.05, 3.63) is 59.7 Å². The predicted octanol–water partition coefficient (Wildman–Crippen LogP) is 6.37. The summed E-state index contributed by atoms with van der Waals surface area (Å²) in [5, 5.41) is 28.4. The van der Waals surface area contributed by atoms with Gasteiger partial charge in [-0.2, -0.15) is 0 Å². The van der Waals surface area contributed by atoms with Gasteiger partial charge in [0.05, 0.1) is 0 Å². The van der Waals surface area contributed by atoms with E-state index in [4.69, 9.17) is 9.47 Å². The monoisotopic (exact) mass is 582 g/mol. The molecule has 2 unspecified atom stereocenters. The number of hydrogen-bond donors (Lipinski definition) is 4. The Morgan fingerprint density at radius 2 is 1.12 bits per heavy atom. The third-order valence-electron chi connectivity index (χ3n) is 8.99. The number of nitrogens with one attached hydrogen (secondary N) is 2. The summed E-state index contributed by atoms with van der Waals surface area (Å²) < 4.78 is 11.7. The molecule has 4 N–H and O–H groups in total. The zero-order chi connectivity index (χ0) is 31.2. The van der Waals surface area contributed by atoms with Crippen LogP contribution in [0.25, 0.3) is 0 Å². The fourth-order valence-corrected chi connectivity index (χ4v) is 5.65. The van der Waals surface area contributed by atoms with Crippen LogP contribution in [-0.4, -0.2) is 59.8 Å². The first-order valence-electron chi connectivity index (χ1n) is 15.8. The molecule has 6 nitrogen and oxygen atoms in total. The highest BCUT2D eigenvalue weighted by Crippen LogP contribution is 2.37. The van der Waals surface area contributed by atoms with E-state index in [9.17, 15) is 10.2 Å². The molecule has 2 aromatic rings. The average molecular weight is 583 g/mol. The first kappa shape index (κ1) is 34.4. The van der Waals surface area contributed by atoms with Gasteiger partial charge in [-0.3, -0.25) is 0 Å². The van der Waals surface area contributed by atoms with Crippen LogP contribution >= 0.6 is 0 Å². The zero-order valence-corrected chi connectivity index (χ0v) is 27.7. The van der Waals surface area contributed by atoms with E-state index < -0.39 is 12.2 Å². The van der Waals surface area contributed by atoms with E-state index in [1.54, 1.807) is 0 Å². The maximum Gasteiger partial charge on any atom is 0.119 e. The quantitative estimate of drug-likeness (QED) is 0.220. The summed E-state index contributed by atoms with van der Waals surface area (Å²) in [5.41, 5.74) is 2.65. The first-order chi connectivity index (χ1) is 19.5. The molecule has 1 fully saturated rings. The van der Waals surface area contributed by atoms with Gasteiger partial charge in [0.1, 0.15) is 36.9 Å². The predicted molar refractivity (Wildman–Crippen MR) is 174 cm³/mol. The van der Waals surface area contributed by atoms with Crippen molar-refractivity contribution in [2.45, 2.75) is 122 Å². The summed E-state index contributed by atoms with van der Waals surface area (Å²) >= 11 is 0. The summed E-state index contributed by atoms with van der Waals surface area (Å²) in [4.78, 5) is 0. The summed E-state index contributed by atoms with van der Waals surface area (Å²) in [6.45, 7) is 21.4. The number of β-amino-alcohol motifs (C(OH)–C–C–N with tert-alkyl or cyclic N) is 2. The molecule has 42 heavy (non-hydrogen) atoms. The number of ether oxygens (including phenoxy) is 2. The lowest BCUT2D eigenvalue weighted by molar-refractivity contribution is 0.0722. The topological polar surface area (TPSA) is 83.0 Å². The van der Waals surface area contributed by atoms with Gasteiger partial charge in [-0.1, -0.05) is 65.8 Å². The number of aliphatic hydroxyl groups is 2. The Bertz CT molecular complexity index is 1080. The largest absolute Gasteiger partial charge is 0.491 e. The van der Waals surface area contributed by atoms with Crippen LogP contribution < -0.4 is 20.1 Å². The second kappa shape index (κ2) is 14.1. The molecule has 1 aliphatic rings. The lowest BCUT2D eigenvalue weighted by Crippen LogP contribution is -2.54. The van der Waals surface area contributed by atoms with E-state index >= 15 is 0 Å². The first-order valence-corrected chi connectivity index (χ1v) is 15.8. The molecule has 0 radical (unpaired) electrons. The molecule has 1 saturated carbocycles. The molecule has 3 rings (SSSR count). The van der Waals surface area contributed by atoms with Gasteiger partial charge in [-0.15, -0.1) is 0 Å². The Kier molecular flexibility index (Phi) is 11.5. The average Bonchev–Trinajstić information content (AvgIpc) is 2.92. The van der Waals surface area contributed by atoms with Gasteiger partial charge < -0.3 is 30.3 Å². The molecule has 0 amide bonds. The van der Waals surface area contributed by atoms with Crippen molar-refractivity contribution in [3.63, 3.8) is 0 Å². The van der Waals surface area contributed by atoms with Crippen molar-refractivity contribution >= 4 is 0 Å². The van der Waals surface area contributed by atoms with Crippen LogP contribution in [0.15, 0.2) is 48.5 Å². The van der Waals surface area contributed by atoms with E-state index in [-0.39, 0.29) is 35.1 Å². The van der Waals surface area contributed by atoms with Crippen LogP contribution in [0.4, 0.5) is 0 Å². The van der Waals surface area contributed by atoms with Crippen LogP contribution in [-0.2, 0) is 10.8 Å². The van der Waals surface area contributed by atoms with E-state index in [1.807, 2.05) is 24.3 Å². The fraction of sp³-hybridized carbons (Fsp3) is 0.667. The molecular formula is C36H58N2O4. The number of hydrogen-bond acceptors (Lipinski definition) is 6. The third kappa shape index (κ3) is 10.6. The summed E-state index contributed by atoms with van der Waals surface area (Å²) in [6.07, 6.45) is 3.11. The Morgan fingerprint density at radius 3 is 1.52 bits per heavy atom. The van der Waals surface area contributed by atoms with Crippen LogP contribution in [0.1, 0.15) is 99.1 Å². The fourth-order valence-electron chi connectivity index (χ4n) is 5.65. The maximum absolute atomic E-state index is 10.6. The minimum atomic E-state index is -0.581. The molecule has 0 aromatic heterocycles. The van der Waals surface area contributed by atoms with Gasteiger partial charge in [0.25, 0.3) is 0 Å². The van der Waals surface area contributed by atoms with Gasteiger partial charge in [-0.25, -0.2) is 0 Å². The summed E-state index contributed by atoms with van der Waals surface area (Å²) in [5.74, 6) is 2.08. The molecule has 0 heterocycles. The molecule has 2 aromatic carbocycles. The minimum Gasteiger partial charge on any atom is -0.491 e. The second-order valence-corrected chi connectivity index (χ2v) is 15.3. The van der Waals surface area contributed by atoms with Crippen molar-refractivity contribution in [1.82, 2.24) is 10.6 Å². The third-order valence-corrected chi connectivity index (χ3v) is 8.99. The van der Waals surface area contributed by atoms with Crippen molar-refractivity contribution in [2.24, 2.45) is 5.92 Å². The molecule has 0 aliphatic heterocycles. The van der Waals surface area contributed by atoms with Gasteiger partial charge in [0.2, 0.25) is 0 Å². The maximum atomic E-state index is 10.6. The molecule has 0 spiro atoms. The van der Waals surface area contributed by atoms with E-state index in [2.05, 4.69) is 97.2 Å². The molecule has 1 aliphatic carbocycles. The lowest BCUT2D eigenvalue weighted by atomic mass is 9.70. The van der Waals surface area contributed by atoms with Crippen LogP contribution in [0.5, 0.6) is 11.5 Å². The summed E-state index contributed by atoms with van der Waals surface area (Å²) in [7, 11) is 0. The van der Waals surface area contributed by atoms with Crippen molar-refractivity contribution in [3.8, 4) is 11.5 Å². The molecule has 236 valence electrons. The SMILES string of the molecule is CC1(NCC(O)COc2ccc(C(C)(C)C)cc2)CCC(C(C)(C)NCC(O)COc2ccc(C(C)(C)C)cc2)CC1. The Labute approximate surface area is 255 Å². The molecule has 0 bridgehead atoms. The van der Waals surface area contributed by atoms with E-state index in [1.165, 1.54) is 11.1 Å². The van der Waals surface area contributed by atoms with Gasteiger partial charge in [0, 0.05) is 24.2 Å². The van der Waals surface area contributed by atoms with Gasteiger partial charge in [0.15, 0.2) is 0 Å². The molecular weight excluding hydrogens is 524 g/mol. The highest BCUT2D eigenvalue weighted by atomic mass is 16.5. The molecule has 0 saturated heterocycles. The van der Waals surface area contributed by atoms with Crippen LogP contribution in [0, 0.1) is 5.92 Å².